The van der Waals surface area contributed by atoms with Crippen LogP contribution in [0.15, 0.2) is 28.5 Å². The van der Waals surface area contributed by atoms with Crippen LogP contribution in [0, 0.1) is 11.8 Å². The van der Waals surface area contributed by atoms with E-state index >= 15 is 0 Å². The number of carbonyl (C=O) groups excluding carboxylic acids is 3. The van der Waals surface area contributed by atoms with Crippen LogP contribution in [0.1, 0.15) is 20.3 Å². The summed E-state index contributed by atoms with van der Waals surface area (Å²) >= 11 is 1.46. The molecule has 9 nitrogen and oxygen atoms in total. The molecule has 5 rings (SSSR count). The third kappa shape index (κ3) is 3.50. The highest BCUT2D eigenvalue weighted by Gasteiger charge is 2.65. The number of likely N-dealkylation sites (N-methyl/N-ethyl adjacent to an activating group) is 1. The Hall–Kier alpha value is -2.43. The number of ether oxygens (including phenoxy) is 4. The molecule has 32 heavy (non-hydrogen) atoms. The van der Waals surface area contributed by atoms with E-state index in [9.17, 15) is 14.4 Å². The molecule has 10 heteroatoms. The Morgan fingerprint density at radius 1 is 1.31 bits per heavy atom. The van der Waals surface area contributed by atoms with Gasteiger partial charge in [0, 0.05) is 17.7 Å². The third-order valence-corrected chi connectivity index (χ3v) is 7.57. The van der Waals surface area contributed by atoms with Crippen LogP contribution < -0.4 is 5.32 Å². The molecular formula is C22H26N2O7S. The number of hydrogen-bond donors (Lipinski definition) is 1. The Kier molecular flexibility index (Phi) is 5.06. The first kappa shape index (κ1) is 21.4. The highest BCUT2D eigenvalue weighted by Crippen LogP contribution is 2.51. The number of hydrogen-bond acceptors (Lipinski definition) is 9. The van der Waals surface area contributed by atoms with Gasteiger partial charge in [0.2, 0.25) is 0 Å². The van der Waals surface area contributed by atoms with Crippen LogP contribution in [0.2, 0.25) is 0 Å². The second-order valence-electron chi connectivity index (χ2n) is 9.30. The molecule has 1 N–H and O–H groups in total. The molecule has 1 aromatic rings. The van der Waals surface area contributed by atoms with E-state index in [4.69, 9.17) is 18.9 Å². The minimum Gasteiger partial charge on any atom is -0.462 e. The Labute approximate surface area is 189 Å². The minimum absolute atomic E-state index is 0.284. The van der Waals surface area contributed by atoms with Crippen LogP contribution in [-0.2, 0) is 28.5 Å². The van der Waals surface area contributed by atoms with Crippen LogP contribution >= 0.6 is 11.3 Å². The number of nitrogens with zero attached hydrogens (tertiary/aromatic N) is 1. The van der Waals surface area contributed by atoms with Crippen LogP contribution in [0.25, 0.3) is 0 Å². The lowest BCUT2D eigenvalue weighted by molar-refractivity contribution is -0.144. The summed E-state index contributed by atoms with van der Waals surface area (Å²) in [6.45, 7) is 3.72. The number of nitrogens with one attached hydrogen (secondary N) is 1. The maximum absolute atomic E-state index is 12.9. The normalized spacial score (nSPS) is 40.0. The van der Waals surface area contributed by atoms with Crippen molar-refractivity contribution in [2.24, 2.45) is 11.8 Å². The average Bonchev–Trinajstić information content (AvgIpc) is 3.05. The van der Waals surface area contributed by atoms with E-state index in [1.165, 1.54) is 11.3 Å². The van der Waals surface area contributed by atoms with Crippen LogP contribution in [-0.4, -0.2) is 73.1 Å². The molecule has 2 saturated heterocycles. The lowest BCUT2D eigenvalue weighted by Gasteiger charge is -2.32. The quantitative estimate of drug-likeness (QED) is 0.414. The molecule has 8 atom stereocenters. The molecular weight excluding hydrogens is 436 g/mol. The molecule has 0 aromatic carbocycles. The van der Waals surface area contributed by atoms with Gasteiger partial charge in [-0.15, -0.1) is 0 Å². The molecule has 3 aliphatic heterocycles. The van der Waals surface area contributed by atoms with Crippen molar-refractivity contribution in [3.63, 3.8) is 0 Å². The zero-order valence-corrected chi connectivity index (χ0v) is 19.1. The molecule has 2 bridgehead atoms. The van der Waals surface area contributed by atoms with E-state index in [-0.39, 0.29) is 11.9 Å². The fourth-order valence-corrected chi connectivity index (χ4v) is 5.84. The van der Waals surface area contributed by atoms with Gasteiger partial charge in [-0.1, -0.05) is 6.92 Å². The molecule has 0 spiro atoms. The van der Waals surface area contributed by atoms with Gasteiger partial charge in [-0.3, -0.25) is 15.0 Å². The predicted molar refractivity (Wildman–Crippen MR) is 114 cm³/mol. The second-order valence-corrected chi connectivity index (χ2v) is 10.1. The molecule has 1 aromatic heterocycles. The molecule has 4 aliphatic rings. The number of fused-ring (bicyclic) bond motifs is 4. The summed E-state index contributed by atoms with van der Waals surface area (Å²) in [7, 11) is 3.64. The molecule has 0 saturated carbocycles. The van der Waals surface area contributed by atoms with E-state index < -0.39 is 54.0 Å². The fourth-order valence-electron chi connectivity index (χ4n) is 5.25. The van der Waals surface area contributed by atoms with Crippen molar-refractivity contribution in [1.82, 2.24) is 4.90 Å². The van der Waals surface area contributed by atoms with Crippen molar-refractivity contribution < 1.29 is 33.3 Å². The van der Waals surface area contributed by atoms with Crippen LogP contribution in [0.3, 0.4) is 0 Å². The lowest BCUT2D eigenvalue weighted by atomic mass is 9.79. The number of amides is 1. The first-order chi connectivity index (χ1) is 15.2. The van der Waals surface area contributed by atoms with Gasteiger partial charge in [0.1, 0.15) is 18.3 Å². The fraction of sp³-hybridized carbons (Fsp3) is 0.591. The smallest absolute Gasteiger partial charge is 0.412 e. The summed E-state index contributed by atoms with van der Waals surface area (Å²) in [6, 6.07) is 1.20. The third-order valence-electron chi connectivity index (χ3n) is 6.89. The van der Waals surface area contributed by atoms with Gasteiger partial charge in [0.25, 0.3) is 0 Å². The number of thiophene rings is 1. The van der Waals surface area contributed by atoms with E-state index in [0.717, 1.165) is 0 Å². The van der Waals surface area contributed by atoms with Crippen molar-refractivity contribution in [2.45, 2.75) is 56.3 Å². The van der Waals surface area contributed by atoms with Gasteiger partial charge in [0.05, 0.1) is 28.8 Å². The molecule has 2 fully saturated rings. The van der Waals surface area contributed by atoms with Gasteiger partial charge in [-0.25, -0.2) is 9.59 Å². The Balaban J connectivity index is 1.50. The molecule has 4 heterocycles. The van der Waals surface area contributed by atoms with Crippen molar-refractivity contribution >= 4 is 35.1 Å². The van der Waals surface area contributed by atoms with Crippen molar-refractivity contribution in [2.75, 3.05) is 19.4 Å². The number of epoxide rings is 1. The highest BCUT2D eigenvalue weighted by atomic mass is 32.1. The zero-order chi connectivity index (χ0) is 22.8. The maximum atomic E-state index is 12.9. The molecule has 1 amide bonds. The Morgan fingerprint density at radius 3 is 2.78 bits per heavy atom. The van der Waals surface area contributed by atoms with E-state index in [0.29, 0.717) is 17.7 Å². The largest absolute Gasteiger partial charge is 0.462 e. The van der Waals surface area contributed by atoms with Crippen molar-refractivity contribution in [3.05, 3.63) is 28.5 Å². The summed E-state index contributed by atoms with van der Waals surface area (Å²) in [4.78, 5) is 39.8. The second kappa shape index (κ2) is 7.57. The van der Waals surface area contributed by atoms with Crippen molar-refractivity contribution in [3.8, 4) is 0 Å². The van der Waals surface area contributed by atoms with E-state index in [2.05, 4.69) is 5.32 Å². The Morgan fingerprint density at radius 2 is 2.09 bits per heavy atom. The number of rotatable bonds is 3. The summed E-state index contributed by atoms with van der Waals surface area (Å²) in [5.74, 6) is -1.46. The molecule has 0 radical (unpaired) electrons. The number of esters is 2. The SMILES string of the molecule is CC1C(=O)O[C@H]2C[C@]3(C)O[C@H]3[C@H](OC(=O)Nc3ccsc3)[C@@H](N(C)C)C3=C[C@@H](OC3=O)[C@H]12. The minimum atomic E-state index is -0.766. The molecule has 1 aliphatic carbocycles. The topological polar surface area (TPSA) is 107 Å². The monoisotopic (exact) mass is 462 g/mol. The Bertz CT molecular complexity index is 977. The summed E-state index contributed by atoms with van der Waals surface area (Å²) in [5.41, 5.74) is 0.378. The van der Waals surface area contributed by atoms with E-state index in [1.54, 1.807) is 24.4 Å². The predicted octanol–water partition coefficient (Wildman–Crippen LogP) is 2.19. The van der Waals surface area contributed by atoms with Gasteiger partial charge in [-0.2, -0.15) is 11.3 Å². The standard InChI is InChI=1S/C22H26N2O7S/c1-10-15-13-7-12(20(26)28-13)16(24(3)4)17(30-21(27)23-11-5-6-32-9-11)18-22(2,31-18)8-14(15)29-19(10)25/h5-7,9-10,13-18H,8H2,1-4H3,(H,23,27)/t10?,13-,14+,15+,16+,17-,18+,22+/m1/s1. The first-order valence-corrected chi connectivity index (χ1v) is 11.6. The number of carbonyl (C=O) groups is 3. The zero-order valence-electron chi connectivity index (χ0n) is 18.3. The molecule has 1 unspecified atom stereocenters. The molecule has 172 valence electrons. The summed E-state index contributed by atoms with van der Waals surface area (Å²) < 4.78 is 23.3. The van der Waals surface area contributed by atoms with Gasteiger partial charge in [0.15, 0.2) is 6.10 Å². The van der Waals surface area contributed by atoms with Gasteiger partial charge >= 0.3 is 18.0 Å². The summed E-state index contributed by atoms with van der Waals surface area (Å²) in [5, 5.41) is 6.37. The lowest BCUT2D eigenvalue weighted by Crippen LogP contribution is -2.49. The highest BCUT2D eigenvalue weighted by molar-refractivity contribution is 7.08. The maximum Gasteiger partial charge on any atom is 0.412 e. The first-order valence-electron chi connectivity index (χ1n) is 10.7. The average molecular weight is 463 g/mol. The van der Waals surface area contributed by atoms with Crippen molar-refractivity contribution in [1.29, 1.82) is 0 Å². The van der Waals surface area contributed by atoms with Crippen LogP contribution in [0.4, 0.5) is 10.5 Å². The van der Waals surface area contributed by atoms with Crippen LogP contribution in [0.5, 0.6) is 0 Å². The van der Waals surface area contributed by atoms with E-state index in [1.807, 2.05) is 31.3 Å². The van der Waals surface area contributed by atoms with Gasteiger partial charge in [-0.05, 0) is 38.5 Å². The number of anilines is 1. The van der Waals surface area contributed by atoms with Gasteiger partial charge < -0.3 is 18.9 Å². The summed E-state index contributed by atoms with van der Waals surface area (Å²) in [6.07, 6.45) is -0.690.